The number of hydrogen-bond donors (Lipinski definition) is 1. The van der Waals surface area contributed by atoms with Gasteiger partial charge in [-0.15, -0.1) is 0 Å². The number of H-pyrrole nitrogens is 1. The first-order chi connectivity index (χ1) is 19.5. The second-order valence-corrected chi connectivity index (χ2v) is 17.5. The SMILES string of the molecule is COC(O[C@H]1C[C@H](n2cc(C)c(=O)[nH]c2=O)O[C@@H]1CO[Si](c1ccccc1)(c1ccccc1)C(C)(C)C)(SC)SC. The highest BCUT2D eigenvalue weighted by atomic mass is 32.2. The topological polar surface area (TPSA) is 91.8 Å². The Morgan fingerprint density at radius 3 is 2.05 bits per heavy atom. The Morgan fingerprint density at radius 2 is 1.56 bits per heavy atom. The van der Waals surface area contributed by atoms with Gasteiger partial charge in [-0.05, 0) is 34.8 Å². The first-order valence-electron chi connectivity index (χ1n) is 13.6. The number of ether oxygens (including phenoxy) is 3. The molecule has 0 aliphatic carbocycles. The van der Waals surface area contributed by atoms with Gasteiger partial charge in [0.05, 0.1) is 12.7 Å². The number of aryl methyl sites for hydroxylation is 1. The minimum Gasteiger partial charge on any atom is -0.405 e. The maximum Gasteiger partial charge on any atom is 0.330 e. The molecule has 0 amide bonds. The molecular formula is C30H40N2O6S2Si. The zero-order chi connectivity index (χ0) is 29.8. The third-order valence-electron chi connectivity index (χ3n) is 7.56. The first kappa shape index (κ1) is 31.8. The van der Waals surface area contributed by atoms with E-state index in [1.54, 1.807) is 20.2 Å². The lowest BCUT2D eigenvalue weighted by Gasteiger charge is -2.44. The van der Waals surface area contributed by atoms with Crippen LogP contribution in [0.15, 0.2) is 76.4 Å². The Balaban J connectivity index is 1.75. The van der Waals surface area contributed by atoms with Crippen LogP contribution in [0.4, 0.5) is 0 Å². The van der Waals surface area contributed by atoms with Crippen LogP contribution in [0.25, 0.3) is 0 Å². The van der Waals surface area contributed by atoms with E-state index < -0.39 is 42.5 Å². The van der Waals surface area contributed by atoms with Gasteiger partial charge in [0.25, 0.3) is 18.3 Å². The van der Waals surface area contributed by atoms with Gasteiger partial charge >= 0.3 is 5.69 Å². The second kappa shape index (κ2) is 13.0. The van der Waals surface area contributed by atoms with E-state index in [1.807, 2.05) is 24.6 Å². The molecule has 3 atom stereocenters. The van der Waals surface area contributed by atoms with E-state index in [4.69, 9.17) is 18.6 Å². The van der Waals surface area contributed by atoms with Crippen molar-refractivity contribution < 1.29 is 18.6 Å². The normalized spacial score (nSPS) is 19.9. The molecule has 0 unspecified atom stereocenters. The van der Waals surface area contributed by atoms with Crippen molar-refractivity contribution in [2.75, 3.05) is 26.2 Å². The summed E-state index contributed by atoms with van der Waals surface area (Å²) in [5.41, 5.74) is -0.505. The Kier molecular flexibility index (Phi) is 10.1. The lowest BCUT2D eigenvalue weighted by Crippen LogP contribution is -2.67. The number of nitrogens with zero attached hydrogens (tertiary/aromatic N) is 1. The summed E-state index contributed by atoms with van der Waals surface area (Å²) in [6.45, 7) is 8.59. The first-order valence-corrected chi connectivity index (χ1v) is 17.9. The van der Waals surface area contributed by atoms with Crippen LogP contribution in [-0.2, 0) is 18.6 Å². The zero-order valence-electron chi connectivity index (χ0n) is 24.7. The van der Waals surface area contributed by atoms with Crippen molar-refractivity contribution in [2.45, 2.75) is 62.0 Å². The fraction of sp³-hybridized carbons (Fsp3) is 0.467. The predicted molar refractivity (Wildman–Crippen MR) is 170 cm³/mol. The molecule has 222 valence electrons. The molecule has 0 spiro atoms. The minimum atomic E-state index is -2.85. The van der Waals surface area contributed by atoms with Crippen LogP contribution >= 0.6 is 23.5 Å². The van der Waals surface area contributed by atoms with Crippen molar-refractivity contribution in [2.24, 2.45) is 0 Å². The Labute approximate surface area is 251 Å². The molecule has 1 aliphatic rings. The molecule has 0 bridgehead atoms. The Morgan fingerprint density at radius 1 is 1.00 bits per heavy atom. The fourth-order valence-electron chi connectivity index (χ4n) is 5.49. The van der Waals surface area contributed by atoms with Crippen LogP contribution in [0.3, 0.4) is 0 Å². The monoisotopic (exact) mass is 616 g/mol. The van der Waals surface area contributed by atoms with Gasteiger partial charge in [0.1, 0.15) is 12.3 Å². The molecule has 3 aromatic rings. The third kappa shape index (κ3) is 6.46. The predicted octanol–water partition coefficient (Wildman–Crippen LogP) is 4.08. The highest BCUT2D eigenvalue weighted by Gasteiger charge is 2.52. The van der Waals surface area contributed by atoms with Crippen molar-refractivity contribution in [3.05, 3.63) is 93.3 Å². The van der Waals surface area contributed by atoms with Gasteiger partial charge in [-0.25, -0.2) is 4.79 Å². The average Bonchev–Trinajstić information content (AvgIpc) is 3.36. The molecule has 0 saturated carbocycles. The van der Waals surface area contributed by atoms with E-state index in [9.17, 15) is 9.59 Å². The molecule has 4 rings (SSSR count). The van der Waals surface area contributed by atoms with Gasteiger partial charge in [-0.2, -0.15) is 0 Å². The van der Waals surface area contributed by atoms with E-state index in [0.717, 1.165) is 10.4 Å². The standard InChI is InChI=1S/C30H40N2O6S2Si/c1-21-19-32(28(34)31-27(21)33)26-18-24(38-30(35-5,39-6)40-7)25(37-26)20-36-41(29(2,3)4,22-14-10-8-11-15-22)23-16-12-9-13-17-23/h8-17,19,24-26H,18,20H2,1-7H3,(H,31,33,34)/t24-,25+,26+/m0/s1. The number of benzene rings is 2. The average molecular weight is 617 g/mol. The Hall–Kier alpha value is -2.12. The molecule has 1 saturated heterocycles. The smallest absolute Gasteiger partial charge is 0.330 e. The van der Waals surface area contributed by atoms with E-state index in [0.29, 0.717) is 12.0 Å². The molecule has 1 fully saturated rings. The van der Waals surface area contributed by atoms with Crippen LogP contribution in [0.2, 0.25) is 5.04 Å². The molecule has 41 heavy (non-hydrogen) atoms. The summed E-state index contributed by atoms with van der Waals surface area (Å²) in [6, 6.07) is 20.8. The molecule has 1 aliphatic heterocycles. The van der Waals surface area contributed by atoms with Gasteiger partial charge in [0, 0.05) is 25.3 Å². The number of aromatic nitrogens is 2. The lowest BCUT2D eigenvalue weighted by molar-refractivity contribution is -0.144. The van der Waals surface area contributed by atoms with Crippen molar-refractivity contribution >= 4 is 42.2 Å². The third-order valence-corrected chi connectivity index (χ3v) is 15.1. The number of nitrogens with one attached hydrogen (secondary N) is 1. The zero-order valence-corrected chi connectivity index (χ0v) is 27.3. The molecule has 1 aromatic heterocycles. The second-order valence-electron chi connectivity index (χ2n) is 11.1. The van der Waals surface area contributed by atoms with Crippen LogP contribution in [-0.4, -0.2) is 60.8 Å². The molecular weight excluding hydrogens is 577 g/mol. The molecule has 2 heterocycles. The quantitative estimate of drug-likeness (QED) is 0.255. The number of rotatable bonds is 11. The van der Waals surface area contributed by atoms with Gasteiger partial charge < -0.3 is 18.6 Å². The van der Waals surface area contributed by atoms with Gasteiger partial charge in [-0.3, -0.25) is 14.3 Å². The van der Waals surface area contributed by atoms with Crippen molar-refractivity contribution in [3.63, 3.8) is 0 Å². The summed E-state index contributed by atoms with van der Waals surface area (Å²) in [4.78, 5) is 27.2. The van der Waals surface area contributed by atoms with Crippen LogP contribution in [0, 0.1) is 6.92 Å². The minimum absolute atomic E-state index is 0.216. The molecule has 8 nitrogen and oxygen atoms in total. The van der Waals surface area contributed by atoms with Crippen molar-refractivity contribution in [1.29, 1.82) is 0 Å². The summed E-state index contributed by atoms with van der Waals surface area (Å²) in [5, 5.41) is 2.11. The fourth-order valence-corrected chi connectivity index (χ4v) is 11.5. The van der Waals surface area contributed by atoms with Crippen molar-refractivity contribution in [1.82, 2.24) is 9.55 Å². The maximum absolute atomic E-state index is 12.8. The van der Waals surface area contributed by atoms with E-state index in [2.05, 4.69) is 74.3 Å². The van der Waals surface area contributed by atoms with E-state index >= 15 is 0 Å². The number of thioether (sulfide) groups is 2. The maximum atomic E-state index is 12.8. The lowest BCUT2D eigenvalue weighted by atomic mass is 10.2. The van der Waals surface area contributed by atoms with Crippen LogP contribution < -0.4 is 21.6 Å². The molecule has 2 aromatic carbocycles. The summed E-state index contributed by atoms with van der Waals surface area (Å²) >= 11 is 2.89. The van der Waals surface area contributed by atoms with Gasteiger partial charge in [0.2, 0.25) is 0 Å². The summed E-state index contributed by atoms with van der Waals surface area (Å²) < 4.78 is 26.6. The van der Waals surface area contributed by atoms with Gasteiger partial charge in [0.15, 0.2) is 0 Å². The number of aromatic amines is 1. The molecule has 11 heteroatoms. The highest BCUT2D eigenvalue weighted by Crippen LogP contribution is 2.43. The number of hydrogen-bond acceptors (Lipinski definition) is 8. The van der Waals surface area contributed by atoms with E-state index in [-0.39, 0.29) is 11.6 Å². The highest BCUT2D eigenvalue weighted by molar-refractivity contribution is 8.17. The summed E-state index contributed by atoms with van der Waals surface area (Å²) in [7, 11) is -1.24. The van der Waals surface area contributed by atoms with Crippen LogP contribution in [0.5, 0.6) is 0 Å². The van der Waals surface area contributed by atoms with E-state index in [1.165, 1.54) is 28.1 Å². The van der Waals surface area contributed by atoms with Crippen molar-refractivity contribution in [3.8, 4) is 0 Å². The molecule has 0 radical (unpaired) electrons. The van der Waals surface area contributed by atoms with Gasteiger partial charge in [-0.1, -0.05) is 105 Å². The summed E-state index contributed by atoms with van der Waals surface area (Å²) in [5.74, 6) is 0. The Bertz CT molecular complexity index is 1360. The largest absolute Gasteiger partial charge is 0.405 e. The summed E-state index contributed by atoms with van der Waals surface area (Å²) in [6.07, 6.45) is 4.18. The molecule has 1 N–H and O–H groups in total. The number of methoxy groups -OCH3 is 1. The van der Waals surface area contributed by atoms with Crippen LogP contribution in [0.1, 0.15) is 39.0 Å².